The van der Waals surface area contributed by atoms with E-state index in [0.29, 0.717) is 30.0 Å². The molecule has 0 aromatic heterocycles. The van der Waals surface area contributed by atoms with Gasteiger partial charge in [-0.1, -0.05) is 49.4 Å². The molecule has 2 aliphatic heterocycles. The SMILES string of the molecule is CCc1ccc(S(=O)(=O)N[C@@H]2c3cc(C(=O)N4CCN(Cc5ccccc5)CC4)ccc3OC(C)(C)[C@H]2O)cc1. The molecule has 5 rings (SSSR count). The molecular weight excluding hydrogens is 526 g/mol. The summed E-state index contributed by atoms with van der Waals surface area (Å²) in [5.41, 5.74) is 2.09. The van der Waals surface area contributed by atoms with E-state index in [1.807, 2.05) is 30.0 Å². The Morgan fingerprint density at radius 2 is 1.65 bits per heavy atom. The van der Waals surface area contributed by atoms with Crippen LogP contribution in [0.25, 0.3) is 0 Å². The van der Waals surface area contributed by atoms with Crippen LogP contribution in [0.1, 0.15) is 53.9 Å². The number of amides is 1. The van der Waals surface area contributed by atoms with Crippen LogP contribution in [-0.2, 0) is 23.0 Å². The Morgan fingerprint density at radius 3 is 2.30 bits per heavy atom. The molecule has 3 aromatic carbocycles. The number of rotatable bonds is 7. The maximum absolute atomic E-state index is 13.5. The molecule has 0 unspecified atom stereocenters. The average molecular weight is 564 g/mol. The van der Waals surface area contributed by atoms with E-state index in [-0.39, 0.29) is 10.8 Å². The topological polar surface area (TPSA) is 99.2 Å². The maximum atomic E-state index is 13.5. The molecule has 2 N–H and O–H groups in total. The number of hydrogen-bond acceptors (Lipinski definition) is 6. The zero-order valence-corrected chi connectivity index (χ0v) is 24.0. The van der Waals surface area contributed by atoms with Crippen molar-refractivity contribution in [2.45, 2.75) is 56.4 Å². The van der Waals surface area contributed by atoms with Gasteiger partial charge in [0.25, 0.3) is 5.91 Å². The molecule has 1 saturated heterocycles. The van der Waals surface area contributed by atoms with Gasteiger partial charge in [0.2, 0.25) is 10.0 Å². The van der Waals surface area contributed by atoms with E-state index in [0.717, 1.165) is 31.6 Å². The maximum Gasteiger partial charge on any atom is 0.253 e. The third kappa shape index (κ3) is 5.93. The van der Waals surface area contributed by atoms with E-state index in [2.05, 4.69) is 21.8 Å². The van der Waals surface area contributed by atoms with Gasteiger partial charge >= 0.3 is 0 Å². The highest BCUT2D eigenvalue weighted by Gasteiger charge is 2.45. The average Bonchev–Trinajstić information content (AvgIpc) is 2.96. The molecule has 3 aromatic rings. The molecule has 40 heavy (non-hydrogen) atoms. The number of fused-ring (bicyclic) bond motifs is 1. The predicted octanol–water partition coefficient (Wildman–Crippen LogP) is 3.76. The number of aryl methyl sites for hydroxylation is 1. The molecule has 2 atom stereocenters. The molecule has 0 saturated carbocycles. The minimum Gasteiger partial charge on any atom is -0.485 e. The molecule has 212 valence electrons. The van der Waals surface area contributed by atoms with E-state index in [9.17, 15) is 18.3 Å². The molecule has 0 bridgehead atoms. The van der Waals surface area contributed by atoms with Crippen LogP contribution in [0.4, 0.5) is 0 Å². The second kappa shape index (κ2) is 11.3. The zero-order chi connectivity index (χ0) is 28.5. The highest BCUT2D eigenvalue weighted by atomic mass is 32.2. The molecule has 0 aliphatic carbocycles. The molecular formula is C31H37N3O5S. The second-order valence-corrected chi connectivity index (χ2v) is 12.8. The lowest BCUT2D eigenvalue weighted by Crippen LogP contribution is -2.53. The van der Waals surface area contributed by atoms with Crippen LogP contribution in [0, 0.1) is 0 Å². The number of piperazine rings is 1. The van der Waals surface area contributed by atoms with Crippen LogP contribution in [0.3, 0.4) is 0 Å². The quantitative estimate of drug-likeness (QED) is 0.454. The summed E-state index contributed by atoms with van der Waals surface area (Å²) >= 11 is 0. The summed E-state index contributed by atoms with van der Waals surface area (Å²) in [5.74, 6) is 0.312. The minimum absolute atomic E-state index is 0.114. The number of carbonyl (C=O) groups is 1. The van der Waals surface area contributed by atoms with Crippen molar-refractivity contribution >= 4 is 15.9 Å². The monoisotopic (exact) mass is 563 g/mol. The van der Waals surface area contributed by atoms with Crippen LogP contribution in [0.15, 0.2) is 77.7 Å². The number of benzene rings is 3. The predicted molar refractivity (Wildman–Crippen MR) is 154 cm³/mol. The van der Waals surface area contributed by atoms with Crippen LogP contribution in [0.2, 0.25) is 0 Å². The Bertz CT molecular complexity index is 1450. The molecule has 2 aliphatic rings. The summed E-state index contributed by atoms with van der Waals surface area (Å²) in [6.45, 7) is 9.00. The van der Waals surface area contributed by atoms with Crippen molar-refractivity contribution in [1.29, 1.82) is 0 Å². The lowest BCUT2D eigenvalue weighted by Gasteiger charge is -2.42. The van der Waals surface area contributed by atoms with Gasteiger partial charge in [-0.25, -0.2) is 13.1 Å². The number of carbonyl (C=O) groups excluding carboxylic acids is 1. The first-order chi connectivity index (χ1) is 19.1. The van der Waals surface area contributed by atoms with Gasteiger partial charge in [-0.2, -0.15) is 0 Å². The Labute approximate surface area is 236 Å². The van der Waals surface area contributed by atoms with Gasteiger partial charge in [-0.05, 0) is 61.7 Å². The largest absolute Gasteiger partial charge is 0.485 e. The van der Waals surface area contributed by atoms with E-state index in [4.69, 9.17) is 4.74 Å². The molecule has 0 radical (unpaired) electrons. The van der Waals surface area contributed by atoms with Gasteiger partial charge < -0.3 is 14.7 Å². The van der Waals surface area contributed by atoms with Crippen molar-refractivity contribution in [1.82, 2.24) is 14.5 Å². The first kappa shape index (κ1) is 28.3. The van der Waals surface area contributed by atoms with Crippen molar-refractivity contribution in [3.63, 3.8) is 0 Å². The fourth-order valence-corrected chi connectivity index (χ4v) is 6.55. The smallest absolute Gasteiger partial charge is 0.253 e. The molecule has 1 fully saturated rings. The van der Waals surface area contributed by atoms with Gasteiger partial charge in [-0.15, -0.1) is 0 Å². The van der Waals surface area contributed by atoms with Gasteiger partial charge in [0.15, 0.2) is 0 Å². The van der Waals surface area contributed by atoms with Crippen molar-refractivity contribution in [2.24, 2.45) is 0 Å². The Morgan fingerprint density at radius 1 is 0.975 bits per heavy atom. The summed E-state index contributed by atoms with van der Waals surface area (Å²) in [6, 6.07) is 21.0. The van der Waals surface area contributed by atoms with Gasteiger partial charge in [-0.3, -0.25) is 9.69 Å². The highest BCUT2D eigenvalue weighted by Crippen LogP contribution is 2.41. The lowest BCUT2D eigenvalue weighted by molar-refractivity contribution is -0.0603. The summed E-state index contributed by atoms with van der Waals surface area (Å²) < 4.78 is 35.4. The summed E-state index contributed by atoms with van der Waals surface area (Å²) in [7, 11) is -3.96. The fourth-order valence-electron chi connectivity index (χ4n) is 5.33. The first-order valence-corrected chi connectivity index (χ1v) is 15.2. The third-order valence-electron chi connectivity index (χ3n) is 7.83. The highest BCUT2D eigenvalue weighted by molar-refractivity contribution is 7.89. The molecule has 1 amide bonds. The zero-order valence-electron chi connectivity index (χ0n) is 23.2. The fraction of sp³-hybridized carbons (Fsp3) is 0.387. The minimum atomic E-state index is -3.96. The van der Waals surface area contributed by atoms with Gasteiger partial charge in [0.1, 0.15) is 17.5 Å². The van der Waals surface area contributed by atoms with Crippen LogP contribution >= 0.6 is 0 Å². The summed E-state index contributed by atoms with van der Waals surface area (Å²) in [5, 5.41) is 11.2. The lowest BCUT2D eigenvalue weighted by atomic mass is 9.86. The summed E-state index contributed by atoms with van der Waals surface area (Å²) in [6.07, 6.45) is -0.385. The second-order valence-electron chi connectivity index (χ2n) is 11.1. The number of sulfonamides is 1. The molecule has 9 heteroatoms. The van der Waals surface area contributed by atoms with Crippen LogP contribution < -0.4 is 9.46 Å². The Kier molecular flexibility index (Phi) is 8.01. The first-order valence-electron chi connectivity index (χ1n) is 13.8. The van der Waals surface area contributed by atoms with E-state index < -0.39 is 27.8 Å². The Balaban J connectivity index is 1.35. The van der Waals surface area contributed by atoms with Crippen molar-refractivity contribution in [2.75, 3.05) is 26.2 Å². The van der Waals surface area contributed by atoms with Crippen molar-refractivity contribution in [3.05, 3.63) is 95.1 Å². The van der Waals surface area contributed by atoms with Crippen LogP contribution in [0.5, 0.6) is 5.75 Å². The Hall–Kier alpha value is -3.24. The van der Waals surface area contributed by atoms with E-state index >= 15 is 0 Å². The summed E-state index contributed by atoms with van der Waals surface area (Å²) in [4.78, 5) is 17.8. The standard InChI is InChI=1S/C31H37N3O5S/c1-4-22-10-13-25(14-11-22)40(37,38)32-28-26-20-24(12-15-27(26)39-31(2,3)29(28)35)30(36)34-18-16-33(17-19-34)21-23-8-6-5-7-9-23/h5-15,20,28-29,32,35H,4,16-19,21H2,1-3H3/t28-,29+/m1/s1. The molecule has 8 nitrogen and oxygen atoms in total. The molecule has 2 heterocycles. The van der Waals surface area contributed by atoms with Gasteiger partial charge in [0.05, 0.1) is 10.9 Å². The van der Waals surface area contributed by atoms with E-state index in [1.54, 1.807) is 56.3 Å². The van der Waals surface area contributed by atoms with Crippen molar-refractivity contribution < 1.29 is 23.1 Å². The van der Waals surface area contributed by atoms with Gasteiger partial charge in [0, 0.05) is 43.9 Å². The van der Waals surface area contributed by atoms with Crippen LogP contribution in [-0.4, -0.2) is 67.1 Å². The number of nitrogens with zero attached hydrogens (tertiary/aromatic N) is 2. The molecule has 0 spiro atoms. The number of hydrogen-bond donors (Lipinski definition) is 2. The van der Waals surface area contributed by atoms with Crippen molar-refractivity contribution in [3.8, 4) is 5.75 Å². The number of aliphatic hydroxyl groups excluding tert-OH is 1. The third-order valence-corrected chi connectivity index (χ3v) is 9.28. The normalized spacial score (nSPS) is 20.9. The number of nitrogens with one attached hydrogen (secondary N) is 1. The number of ether oxygens (including phenoxy) is 1. The van der Waals surface area contributed by atoms with E-state index in [1.165, 1.54) is 5.56 Å². The number of aliphatic hydroxyl groups is 1.